The molecule has 1 aliphatic rings. The monoisotopic (exact) mass is 292 g/mol. The molecule has 0 atom stereocenters. The fraction of sp³-hybridized carbons (Fsp3) is 0.562. The normalized spacial score (nSPS) is 14.8. The van der Waals surface area contributed by atoms with E-state index in [1.54, 1.807) is 7.11 Å². The van der Waals surface area contributed by atoms with Crippen LogP contribution in [0.3, 0.4) is 0 Å². The average molecular weight is 292 g/mol. The summed E-state index contributed by atoms with van der Waals surface area (Å²) in [4.78, 5) is 14.1. The zero-order valence-electron chi connectivity index (χ0n) is 12.5. The minimum Gasteiger partial charge on any atom is -0.497 e. The second-order valence-corrected chi connectivity index (χ2v) is 5.41. The summed E-state index contributed by atoms with van der Waals surface area (Å²) in [5, 5.41) is 12.0. The molecule has 0 spiro atoms. The van der Waals surface area contributed by atoms with Gasteiger partial charge < -0.3 is 15.2 Å². The summed E-state index contributed by atoms with van der Waals surface area (Å²) in [5.41, 5.74) is 1.01. The first-order valence-corrected chi connectivity index (χ1v) is 7.47. The lowest BCUT2D eigenvalue weighted by atomic mass is 9.91. The van der Waals surface area contributed by atoms with Gasteiger partial charge in [0.15, 0.2) is 0 Å². The SMILES string of the molecule is COc1cccc(CNC(=O)CN(CCO)C2CCC2)c1. The van der Waals surface area contributed by atoms with E-state index in [0.29, 0.717) is 25.7 Å². The van der Waals surface area contributed by atoms with Crippen molar-refractivity contribution >= 4 is 5.91 Å². The minimum atomic E-state index is -0.00169. The number of ether oxygens (including phenoxy) is 1. The summed E-state index contributed by atoms with van der Waals surface area (Å²) < 4.78 is 5.16. The van der Waals surface area contributed by atoms with Crippen LogP contribution in [0.15, 0.2) is 24.3 Å². The quantitative estimate of drug-likeness (QED) is 0.755. The van der Waals surface area contributed by atoms with Crippen LogP contribution < -0.4 is 10.1 Å². The Kier molecular flexibility index (Phi) is 6.02. The first-order chi connectivity index (χ1) is 10.2. The van der Waals surface area contributed by atoms with E-state index in [4.69, 9.17) is 9.84 Å². The van der Waals surface area contributed by atoms with Gasteiger partial charge in [-0.25, -0.2) is 0 Å². The second kappa shape index (κ2) is 8.00. The van der Waals surface area contributed by atoms with Crippen molar-refractivity contribution in [1.29, 1.82) is 0 Å². The van der Waals surface area contributed by atoms with E-state index >= 15 is 0 Å². The van der Waals surface area contributed by atoms with E-state index in [0.717, 1.165) is 24.2 Å². The van der Waals surface area contributed by atoms with Crippen LogP contribution in [0.4, 0.5) is 0 Å². The lowest BCUT2D eigenvalue weighted by Gasteiger charge is -2.36. The molecule has 1 aromatic carbocycles. The maximum absolute atomic E-state index is 12.0. The lowest BCUT2D eigenvalue weighted by Crippen LogP contribution is -2.47. The van der Waals surface area contributed by atoms with Crippen LogP contribution in [0, 0.1) is 0 Å². The van der Waals surface area contributed by atoms with Crippen molar-refractivity contribution in [2.75, 3.05) is 26.8 Å². The molecule has 1 saturated carbocycles. The standard InChI is InChI=1S/C16H24N2O3/c1-21-15-7-2-4-13(10-15)11-17-16(20)12-18(8-9-19)14-5-3-6-14/h2,4,7,10,14,19H,3,5-6,8-9,11-12H2,1H3,(H,17,20). The van der Waals surface area contributed by atoms with Crippen LogP contribution in [-0.2, 0) is 11.3 Å². The van der Waals surface area contributed by atoms with Crippen molar-refractivity contribution < 1.29 is 14.6 Å². The average Bonchev–Trinajstić information content (AvgIpc) is 2.44. The van der Waals surface area contributed by atoms with Gasteiger partial charge in [0.05, 0.1) is 20.3 Å². The van der Waals surface area contributed by atoms with E-state index < -0.39 is 0 Å². The predicted molar refractivity (Wildman–Crippen MR) is 81.1 cm³/mol. The molecule has 1 fully saturated rings. The van der Waals surface area contributed by atoms with Gasteiger partial charge >= 0.3 is 0 Å². The summed E-state index contributed by atoms with van der Waals surface area (Å²) in [5.74, 6) is 0.788. The predicted octanol–water partition coefficient (Wildman–Crippen LogP) is 1.16. The van der Waals surface area contributed by atoms with Gasteiger partial charge in [0.1, 0.15) is 5.75 Å². The van der Waals surface area contributed by atoms with Crippen LogP contribution in [0.1, 0.15) is 24.8 Å². The van der Waals surface area contributed by atoms with E-state index in [-0.39, 0.29) is 12.5 Å². The van der Waals surface area contributed by atoms with Crippen molar-refractivity contribution in [3.63, 3.8) is 0 Å². The molecule has 0 bridgehead atoms. The van der Waals surface area contributed by atoms with Gasteiger partial charge in [-0.3, -0.25) is 9.69 Å². The van der Waals surface area contributed by atoms with E-state index in [2.05, 4.69) is 10.2 Å². The molecule has 5 nitrogen and oxygen atoms in total. The zero-order valence-corrected chi connectivity index (χ0v) is 12.5. The van der Waals surface area contributed by atoms with Gasteiger partial charge in [-0.2, -0.15) is 0 Å². The highest BCUT2D eigenvalue weighted by Crippen LogP contribution is 2.24. The molecule has 0 aromatic heterocycles. The highest BCUT2D eigenvalue weighted by Gasteiger charge is 2.25. The minimum absolute atomic E-state index is 0.00169. The van der Waals surface area contributed by atoms with Gasteiger partial charge in [-0.1, -0.05) is 18.6 Å². The van der Waals surface area contributed by atoms with Crippen LogP contribution >= 0.6 is 0 Å². The van der Waals surface area contributed by atoms with Crippen molar-refractivity contribution in [1.82, 2.24) is 10.2 Å². The smallest absolute Gasteiger partial charge is 0.234 e. The van der Waals surface area contributed by atoms with E-state index in [9.17, 15) is 4.79 Å². The number of amides is 1. The van der Waals surface area contributed by atoms with Gasteiger partial charge in [-0.15, -0.1) is 0 Å². The van der Waals surface area contributed by atoms with Crippen molar-refractivity contribution in [3.8, 4) is 5.75 Å². The Bertz CT molecular complexity index is 461. The number of hydrogen-bond acceptors (Lipinski definition) is 4. The molecule has 116 valence electrons. The van der Waals surface area contributed by atoms with Crippen LogP contribution in [0.25, 0.3) is 0 Å². The molecule has 0 aliphatic heterocycles. The Morgan fingerprint density at radius 3 is 2.90 bits per heavy atom. The van der Waals surface area contributed by atoms with Gasteiger partial charge in [0, 0.05) is 19.1 Å². The number of methoxy groups -OCH3 is 1. The number of aliphatic hydroxyl groups excluding tert-OH is 1. The Morgan fingerprint density at radius 2 is 2.29 bits per heavy atom. The zero-order chi connectivity index (χ0) is 15.1. The lowest BCUT2D eigenvalue weighted by molar-refractivity contribution is -0.123. The third-order valence-corrected chi connectivity index (χ3v) is 3.95. The molecular formula is C16H24N2O3. The van der Waals surface area contributed by atoms with Crippen molar-refractivity contribution in [3.05, 3.63) is 29.8 Å². The third kappa shape index (κ3) is 4.72. The number of nitrogens with zero attached hydrogens (tertiary/aromatic N) is 1. The summed E-state index contributed by atoms with van der Waals surface area (Å²) in [6, 6.07) is 8.12. The number of aliphatic hydroxyl groups is 1. The maximum Gasteiger partial charge on any atom is 0.234 e. The fourth-order valence-electron chi connectivity index (χ4n) is 2.49. The van der Waals surface area contributed by atoms with Crippen LogP contribution in [0.5, 0.6) is 5.75 Å². The molecule has 1 aliphatic carbocycles. The van der Waals surface area contributed by atoms with E-state index in [1.807, 2.05) is 24.3 Å². The van der Waals surface area contributed by atoms with Gasteiger partial charge in [0.25, 0.3) is 0 Å². The summed E-state index contributed by atoms with van der Waals surface area (Å²) >= 11 is 0. The highest BCUT2D eigenvalue weighted by atomic mass is 16.5. The van der Waals surface area contributed by atoms with Gasteiger partial charge in [-0.05, 0) is 30.5 Å². The summed E-state index contributed by atoms with van der Waals surface area (Å²) in [6.45, 7) is 1.51. The Morgan fingerprint density at radius 1 is 1.48 bits per heavy atom. The number of carbonyl (C=O) groups excluding carboxylic acids is 1. The number of benzene rings is 1. The molecule has 2 N–H and O–H groups in total. The highest BCUT2D eigenvalue weighted by molar-refractivity contribution is 5.78. The second-order valence-electron chi connectivity index (χ2n) is 5.41. The summed E-state index contributed by atoms with van der Waals surface area (Å²) in [6.07, 6.45) is 3.48. The maximum atomic E-state index is 12.0. The molecule has 1 amide bonds. The molecule has 1 aromatic rings. The largest absolute Gasteiger partial charge is 0.497 e. The van der Waals surface area contributed by atoms with E-state index in [1.165, 1.54) is 6.42 Å². The third-order valence-electron chi connectivity index (χ3n) is 3.95. The van der Waals surface area contributed by atoms with Gasteiger partial charge in [0.2, 0.25) is 5.91 Å². The number of nitrogens with one attached hydrogen (secondary N) is 1. The first-order valence-electron chi connectivity index (χ1n) is 7.47. The molecule has 5 heteroatoms. The molecule has 2 rings (SSSR count). The number of rotatable bonds is 8. The van der Waals surface area contributed by atoms with Crippen molar-refractivity contribution in [2.24, 2.45) is 0 Å². The molecule has 0 heterocycles. The topological polar surface area (TPSA) is 61.8 Å². The molecule has 21 heavy (non-hydrogen) atoms. The Balaban J connectivity index is 1.80. The number of hydrogen-bond donors (Lipinski definition) is 2. The molecule has 0 radical (unpaired) electrons. The van der Waals surface area contributed by atoms with Crippen molar-refractivity contribution in [2.45, 2.75) is 31.8 Å². The Labute approximate surface area is 125 Å². The Hall–Kier alpha value is -1.59. The fourth-order valence-corrected chi connectivity index (χ4v) is 2.49. The molecular weight excluding hydrogens is 268 g/mol. The van der Waals surface area contributed by atoms with Crippen LogP contribution in [-0.4, -0.2) is 48.8 Å². The summed E-state index contributed by atoms with van der Waals surface area (Å²) in [7, 11) is 1.63. The molecule has 0 unspecified atom stereocenters. The number of carbonyl (C=O) groups is 1. The molecule has 0 saturated heterocycles. The van der Waals surface area contributed by atoms with Crippen LogP contribution in [0.2, 0.25) is 0 Å². The first kappa shape index (κ1) is 15.8.